The van der Waals surface area contributed by atoms with E-state index in [0.29, 0.717) is 18.2 Å². The molecule has 1 atom stereocenters. The molecule has 0 spiro atoms. The Morgan fingerprint density at radius 2 is 2.33 bits per heavy atom. The van der Waals surface area contributed by atoms with Gasteiger partial charge >= 0.3 is 5.97 Å². The SMILES string of the molecule is COC(=O)c1cc(F)ccc1CN1CCCC1CCCO. The van der Waals surface area contributed by atoms with E-state index < -0.39 is 11.8 Å². The Hall–Kier alpha value is -1.46. The Balaban J connectivity index is 2.13. The molecule has 21 heavy (non-hydrogen) atoms. The lowest BCUT2D eigenvalue weighted by molar-refractivity contribution is 0.0597. The molecule has 1 heterocycles. The van der Waals surface area contributed by atoms with Gasteiger partial charge in [-0.05, 0) is 49.9 Å². The zero-order chi connectivity index (χ0) is 15.2. The molecule has 0 saturated carbocycles. The first-order valence-electron chi connectivity index (χ1n) is 7.37. The van der Waals surface area contributed by atoms with Gasteiger partial charge in [-0.25, -0.2) is 9.18 Å². The lowest BCUT2D eigenvalue weighted by Crippen LogP contribution is -2.29. The van der Waals surface area contributed by atoms with Gasteiger partial charge in [0.05, 0.1) is 12.7 Å². The van der Waals surface area contributed by atoms with Gasteiger partial charge in [-0.2, -0.15) is 0 Å². The van der Waals surface area contributed by atoms with Crippen molar-refractivity contribution in [3.63, 3.8) is 0 Å². The molecular formula is C16H22FNO3. The normalized spacial score (nSPS) is 18.9. The Kier molecular flexibility index (Phi) is 5.70. The fraction of sp³-hybridized carbons (Fsp3) is 0.562. The Labute approximate surface area is 124 Å². The van der Waals surface area contributed by atoms with Crippen LogP contribution >= 0.6 is 0 Å². The number of hydrogen-bond acceptors (Lipinski definition) is 4. The van der Waals surface area contributed by atoms with E-state index in [1.807, 2.05) is 0 Å². The molecule has 0 amide bonds. The van der Waals surface area contributed by atoms with Crippen molar-refractivity contribution < 1.29 is 19.0 Å². The van der Waals surface area contributed by atoms with Gasteiger partial charge in [-0.3, -0.25) is 4.90 Å². The fourth-order valence-corrected chi connectivity index (χ4v) is 2.96. The van der Waals surface area contributed by atoms with Gasteiger partial charge in [0.15, 0.2) is 0 Å². The highest BCUT2D eigenvalue weighted by Crippen LogP contribution is 2.25. The summed E-state index contributed by atoms with van der Waals surface area (Å²) in [6.45, 7) is 1.78. The highest BCUT2D eigenvalue weighted by Gasteiger charge is 2.25. The summed E-state index contributed by atoms with van der Waals surface area (Å²) in [7, 11) is 1.30. The molecule has 1 saturated heterocycles. The van der Waals surface area contributed by atoms with Crippen molar-refractivity contribution in [2.75, 3.05) is 20.3 Å². The molecule has 1 N–H and O–H groups in total. The molecule has 1 aromatic carbocycles. The van der Waals surface area contributed by atoms with Crippen molar-refractivity contribution in [2.24, 2.45) is 0 Å². The number of nitrogens with zero attached hydrogens (tertiary/aromatic N) is 1. The van der Waals surface area contributed by atoms with Crippen LogP contribution in [0.3, 0.4) is 0 Å². The van der Waals surface area contributed by atoms with Gasteiger partial charge in [0.25, 0.3) is 0 Å². The molecule has 1 fully saturated rings. The summed E-state index contributed by atoms with van der Waals surface area (Å²) in [6, 6.07) is 4.69. The highest BCUT2D eigenvalue weighted by atomic mass is 19.1. The number of methoxy groups -OCH3 is 1. The van der Waals surface area contributed by atoms with Gasteiger partial charge in [0.1, 0.15) is 5.82 Å². The first-order chi connectivity index (χ1) is 10.2. The monoisotopic (exact) mass is 295 g/mol. The molecule has 1 aliphatic rings. The number of carbonyl (C=O) groups is 1. The third-order valence-corrected chi connectivity index (χ3v) is 4.05. The number of ether oxygens (including phenoxy) is 1. The quantitative estimate of drug-likeness (QED) is 0.819. The van der Waals surface area contributed by atoms with Crippen LogP contribution in [0.1, 0.15) is 41.6 Å². The van der Waals surface area contributed by atoms with Crippen LogP contribution in [0.2, 0.25) is 0 Å². The van der Waals surface area contributed by atoms with E-state index in [-0.39, 0.29) is 6.61 Å². The van der Waals surface area contributed by atoms with E-state index in [1.165, 1.54) is 19.2 Å². The predicted molar refractivity (Wildman–Crippen MR) is 77.5 cm³/mol. The van der Waals surface area contributed by atoms with Crippen LogP contribution in [-0.2, 0) is 11.3 Å². The number of carbonyl (C=O) groups excluding carboxylic acids is 1. The summed E-state index contributed by atoms with van der Waals surface area (Å²) in [4.78, 5) is 14.1. The van der Waals surface area contributed by atoms with Gasteiger partial charge in [0, 0.05) is 19.2 Å². The average molecular weight is 295 g/mol. The summed E-state index contributed by atoms with van der Waals surface area (Å²) >= 11 is 0. The summed E-state index contributed by atoms with van der Waals surface area (Å²) in [5, 5.41) is 8.96. The van der Waals surface area contributed by atoms with E-state index >= 15 is 0 Å². The first-order valence-corrected chi connectivity index (χ1v) is 7.37. The number of halogens is 1. The average Bonchev–Trinajstić information content (AvgIpc) is 2.93. The molecule has 1 aromatic rings. The summed E-state index contributed by atoms with van der Waals surface area (Å²) in [5.74, 6) is -0.937. The van der Waals surface area contributed by atoms with E-state index in [1.54, 1.807) is 6.07 Å². The first kappa shape index (κ1) is 15.9. The van der Waals surface area contributed by atoms with Crippen LogP contribution in [-0.4, -0.2) is 42.3 Å². The second kappa shape index (κ2) is 7.52. The minimum Gasteiger partial charge on any atom is -0.465 e. The van der Waals surface area contributed by atoms with Crippen LogP contribution in [0.4, 0.5) is 4.39 Å². The molecule has 116 valence electrons. The maximum absolute atomic E-state index is 13.4. The molecule has 0 bridgehead atoms. The summed E-state index contributed by atoms with van der Waals surface area (Å²) in [6.07, 6.45) is 3.96. The Morgan fingerprint density at radius 3 is 3.05 bits per heavy atom. The molecule has 0 aliphatic carbocycles. The Bertz CT molecular complexity index is 492. The highest BCUT2D eigenvalue weighted by molar-refractivity contribution is 5.91. The summed E-state index contributed by atoms with van der Waals surface area (Å²) in [5.41, 5.74) is 1.09. The van der Waals surface area contributed by atoms with Crippen molar-refractivity contribution in [1.82, 2.24) is 4.90 Å². The summed E-state index contributed by atoms with van der Waals surface area (Å²) < 4.78 is 18.1. The molecule has 1 unspecified atom stereocenters. The number of esters is 1. The van der Waals surface area contributed by atoms with Crippen LogP contribution in [0.15, 0.2) is 18.2 Å². The second-order valence-electron chi connectivity index (χ2n) is 5.43. The minimum absolute atomic E-state index is 0.203. The lowest BCUT2D eigenvalue weighted by Gasteiger charge is -2.25. The van der Waals surface area contributed by atoms with E-state index in [4.69, 9.17) is 9.84 Å². The Morgan fingerprint density at radius 1 is 1.52 bits per heavy atom. The number of likely N-dealkylation sites (tertiary alicyclic amines) is 1. The molecule has 0 aromatic heterocycles. The minimum atomic E-state index is -0.504. The van der Waals surface area contributed by atoms with Gasteiger partial charge in [-0.1, -0.05) is 6.07 Å². The third-order valence-electron chi connectivity index (χ3n) is 4.05. The zero-order valence-corrected chi connectivity index (χ0v) is 12.3. The van der Waals surface area contributed by atoms with Crippen molar-refractivity contribution in [2.45, 2.75) is 38.3 Å². The largest absolute Gasteiger partial charge is 0.465 e. The van der Waals surface area contributed by atoms with Crippen LogP contribution < -0.4 is 0 Å². The van der Waals surface area contributed by atoms with E-state index in [9.17, 15) is 9.18 Å². The fourth-order valence-electron chi connectivity index (χ4n) is 2.96. The molecule has 5 heteroatoms. The number of benzene rings is 1. The molecule has 2 rings (SSSR count). The maximum atomic E-state index is 13.4. The van der Waals surface area contributed by atoms with Gasteiger partial charge in [0.2, 0.25) is 0 Å². The lowest BCUT2D eigenvalue weighted by atomic mass is 10.0. The van der Waals surface area contributed by atoms with Crippen LogP contribution in [0.5, 0.6) is 0 Å². The number of aliphatic hydroxyl groups excluding tert-OH is 1. The molecular weight excluding hydrogens is 273 g/mol. The molecule has 0 radical (unpaired) electrons. The topological polar surface area (TPSA) is 49.8 Å². The van der Waals surface area contributed by atoms with E-state index in [2.05, 4.69) is 4.90 Å². The predicted octanol–water partition coefficient (Wildman–Crippen LogP) is 2.35. The number of rotatable bonds is 6. The zero-order valence-electron chi connectivity index (χ0n) is 12.3. The van der Waals surface area contributed by atoms with Crippen molar-refractivity contribution in [3.8, 4) is 0 Å². The standard InChI is InChI=1S/C16H22FNO3/c1-21-16(20)15-10-13(17)7-6-12(15)11-18-8-2-4-14(18)5-3-9-19/h6-7,10,14,19H,2-5,8-9,11H2,1H3. The van der Waals surface area contributed by atoms with Crippen molar-refractivity contribution >= 4 is 5.97 Å². The number of hydrogen-bond donors (Lipinski definition) is 1. The van der Waals surface area contributed by atoms with Gasteiger partial charge < -0.3 is 9.84 Å². The van der Waals surface area contributed by atoms with Crippen LogP contribution in [0.25, 0.3) is 0 Å². The van der Waals surface area contributed by atoms with E-state index in [0.717, 1.165) is 37.8 Å². The molecule has 1 aliphatic heterocycles. The van der Waals surface area contributed by atoms with Crippen molar-refractivity contribution in [1.29, 1.82) is 0 Å². The van der Waals surface area contributed by atoms with Gasteiger partial charge in [-0.15, -0.1) is 0 Å². The van der Waals surface area contributed by atoms with Crippen molar-refractivity contribution in [3.05, 3.63) is 35.1 Å². The molecule has 4 nitrogen and oxygen atoms in total. The van der Waals surface area contributed by atoms with Crippen LogP contribution in [0, 0.1) is 5.82 Å². The number of aliphatic hydroxyl groups is 1. The third kappa shape index (κ3) is 4.02. The maximum Gasteiger partial charge on any atom is 0.338 e. The second-order valence-corrected chi connectivity index (χ2v) is 5.43. The smallest absolute Gasteiger partial charge is 0.338 e.